The number of rotatable bonds is 7. The molecule has 0 N–H and O–H groups in total. The van der Waals surface area contributed by atoms with E-state index >= 15 is 0 Å². The Labute approximate surface area is 110 Å². The van der Waals surface area contributed by atoms with E-state index in [0.717, 1.165) is 0 Å². The molecule has 0 spiro atoms. The first-order valence-corrected chi connectivity index (χ1v) is 6.01. The van der Waals surface area contributed by atoms with E-state index in [-0.39, 0.29) is 28.8 Å². The van der Waals surface area contributed by atoms with Gasteiger partial charge in [-0.15, -0.1) is 0 Å². The molecule has 0 aliphatic heterocycles. The molecule has 1 aromatic rings. The fourth-order valence-electron chi connectivity index (χ4n) is 1.40. The minimum atomic E-state index is -0.543. The predicted octanol–water partition coefficient (Wildman–Crippen LogP) is 3.39. The molecule has 0 unspecified atom stereocenters. The number of benzene rings is 1. The molecular weight excluding hydrogens is 258 g/mol. The van der Waals surface area contributed by atoms with Crippen LogP contribution in [-0.4, -0.2) is 17.3 Å². The number of ketones is 1. The lowest BCUT2D eigenvalue weighted by molar-refractivity contribution is -0.385. The highest BCUT2D eigenvalue weighted by Crippen LogP contribution is 2.34. The zero-order chi connectivity index (χ0) is 13.5. The van der Waals surface area contributed by atoms with Crippen LogP contribution in [0.4, 0.5) is 5.69 Å². The van der Waals surface area contributed by atoms with Crippen LogP contribution < -0.4 is 4.74 Å². The van der Waals surface area contributed by atoms with Crippen LogP contribution in [0.3, 0.4) is 0 Å². The molecule has 0 fully saturated rings. The van der Waals surface area contributed by atoms with Crippen LogP contribution >= 0.6 is 11.6 Å². The molecule has 6 heteroatoms. The van der Waals surface area contributed by atoms with Gasteiger partial charge in [-0.25, -0.2) is 0 Å². The highest BCUT2D eigenvalue weighted by molar-refractivity contribution is 6.32. The van der Waals surface area contributed by atoms with Gasteiger partial charge in [-0.3, -0.25) is 14.9 Å². The Morgan fingerprint density at radius 2 is 2.22 bits per heavy atom. The molecule has 18 heavy (non-hydrogen) atoms. The second kappa shape index (κ2) is 6.96. The Balaban J connectivity index is 2.61. The molecule has 98 valence electrons. The van der Waals surface area contributed by atoms with Crippen molar-refractivity contribution in [2.24, 2.45) is 0 Å². The van der Waals surface area contributed by atoms with E-state index < -0.39 is 4.92 Å². The van der Waals surface area contributed by atoms with Crippen LogP contribution in [0.25, 0.3) is 0 Å². The molecule has 0 saturated heterocycles. The van der Waals surface area contributed by atoms with Gasteiger partial charge in [0.1, 0.15) is 5.78 Å². The normalized spacial score (nSPS) is 10.1. The third kappa shape index (κ3) is 4.00. The number of ether oxygens (including phenoxy) is 1. The van der Waals surface area contributed by atoms with Gasteiger partial charge in [-0.2, -0.15) is 0 Å². The second-order valence-electron chi connectivity index (χ2n) is 3.69. The average molecular weight is 272 g/mol. The minimum absolute atomic E-state index is 0.0631. The average Bonchev–Trinajstić information content (AvgIpc) is 2.35. The Morgan fingerprint density at radius 1 is 1.50 bits per heavy atom. The molecule has 0 amide bonds. The third-order valence-corrected chi connectivity index (χ3v) is 2.68. The van der Waals surface area contributed by atoms with E-state index in [1.165, 1.54) is 18.2 Å². The lowest BCUT2D eigenvalue weighted by Gasteiger charge is -2.07. The van der Waals surface area contributed by atoms with Crippen molar-refractivity contribution < 1.29 is 14.5 Å². The fraction of sp³-hybridized carbons (Fsp3) is 0.417. The standard InChI is InChI=1S/C12H14ClNO4/c1-2-9(15)5-4-8-18-12-10(13)6-3-7-11(12)14(16)17/h3,6-7H,2,4-5,8H2,1H3. The van der Waals surface area contributed by atoms with Gasteiger partial charge in [-0.1, -0.05) is 24.6 Å². The van der Waals surface area contributed by atoms with E-state index in [9.17, 15) is 14.9 Å². The van der Waals surface area contributed by atoms with Crippen molar-refractivity contribution in [3.05, 3.63) is 33.3 Å². The Morgan fingerprint density at radius 3 is 2.83 bits per heavy atom. The molecule has 1 aromatic carbocycles. The van der Waals surface area contributed by atoms with Gasteiger partial charge < -0.3 is 4.74 Å². The first-order chi connectivity index (χ1) is 8.56. The number of nitrogens with zero attached hydrogens (tertiary/aromatic N) is 1. The number of Topliss-reactive ketones (excluding diaryl/α,β-unsaturated/α-hetero) is 1. The number of hydrogen-bond donors (Lipinski definition) is 0. The highest BCUT2D eigenvalue weighted by Gasteiger charge is 2.17. The van der Waals surface area contributed by atoms with Crippen LogP contribution in [0.5, 0.6) is 5.75 Å². The van der Waals surface area contributed by atoms with Gasteiger partial charge >= 0.3 is 5.69 Å². The number of nitro groups is 1. The van der Waals surface area contributed by atoms with E-state index in [0.29, 0.717) is 19.3 Å². The van der Waals surface area contributed by atoms with Crippen molar-refractivity contribution in [2.75, 3.05) is 6.61 Å². The van der Waals surface area contributed by atoms with E-state index in [4.69, 9.17) is 16.3 Å². The molecule has 0 radical (unpaired) electrons. The summed E-state index contributed by atoms with van der Waals surface area (Å²) in [7, 11) is 0. The van der Waals surface area contributed by atoms with Crippen LogP contribution in [0.1, 0.15) is 26.2 Å². The van der Waals surface area contributed by atoms with Crippen molar-refractivity contribution in [1.29, 1.82) is 0 Å². The molecule has 0 saturated carbocycles. The van der Waals surface area contributed by atoms with Crippen LogP contribution in [0, 0.1) is 10.1 Å². The van der Waals surface area contributed by atoms with Gasteiger partial charge in [-0.05, 0) is 12.5 Å². The van der Waals surface area contributed by atoms with Crippen LogP contribution in [0.2, 0.25) is 5.02 Å². The Bertz CT molecular complexity index is 448. The predicted molar refractivity (Wildman–Crippen MR) is 68.1 cm³/mol. The zero-order valence-electron chi connectivity index (χ0n) is 10.0. The quantitative estimate of drug-likeness (QED) is 0.433. The Kier molecular flexibility index (Phi) is 5.58. The maximum Gasteiger partial charge on any atom is 0.312 e. The number of para-hydroxylation sites is 1. The first kappa shape index (κ1) is 14.4. The summed E-state index contributed by atoms with van der Waals surface area (Å²) in [4.78, 5) is 21.3. The number of hydrogen-bond acceptors (Lipinski definition) is 4. The molecular formula is C12H14ClNO4. The Hall–Kier alpha value is -1.62. The number of nitro benzene ring substituents is 1. The lowest BCUT2D eigenvalue weighted by atomic mass is 10.2. The highest BCUT2D eigenvalue weighted by atomic mass is 35.5. The molecule has 0 atom stereocenters. The molecule has 0 aliphatic rings. The van der Waals surface area contributed by atoms with Crippen LogP contribution in [0.15, 0.2) is 18.2 Å². The minimum Gasteiger partial charge on any atom is -0.486 e. The number of carbonyl (C=O) groups is 1. The molecule has 0 heterocycles. The zero-order valence-corrected chi connectivity index (χ0v) is 10.8. The second-order valence-corrected chi connectivity index (χ2v) is 4.10. The summed E-state index contributed by atoms with van der Waals surface area (Å²) in [6, 6.07) is 4.35. The lowest BCUT2D eigenvalue weighted by Crippen LogP contribution is -2.04. The summed E-state index contributed by atoms with van der Waals surface area (Å²) in [5.74, 6) is 0.209. The van der Waals surface area contributed by atoms with E-state index in [1.54, 1.807) is 6.92 Å². The number of halogens is 1. The topological polar surface area (TPSA) is 69.4 Å². The van der Waals surface area contributed by atoms with Crippen LogP contribution in [-0.2, 0) is 4.79 Å². The SMILES string of the molecule is CCC(=O)CCCOc1c(Cl)cccc1[N+](=O)[O-]. The summed E-state index contributed by atoms with van der Waals surface area (Å²) in [5.41, 5.74) is -0.163. The first-order valence-electron chi connectivity index (χ1n) is 5.63. The molecule has 0 aromatic heterocycles. The van der Waals surface area contributed by atoms with E-state index in [2.05, 4.69) is 0 Å². The summed E-state index contributed by atoms with van der Waals surface area (Å²) >= 11 is 5.85. The number of carbonyl (C=O) groups excluding carboxylic acids is 1. The van der Waals surface area contributed by atoms with Crippen molar-refractivity contribution in [3.8, 4) is 5.75 Å². The molecule has 0 aliphatic carbocycles. The van der Waals surface area contributed by atoms with Crippen molar-refractivity contribution in [3.63, 3.8) is 0 Å². The van der Waals surface area contributed by atoms with Crippen molar-refractivity contribution in [1.82, 2.24) is 0 Å². The maximum atomic E-state index is 11.1. The van der Waals surface area contributed by atoms with Gasteiger partial charge in [0, 0.05) is 18.9 Å². The molecule has 0 bridgehead atoms. The molecule has 1 rings (SSSR count). The van der Waals surface area contributed by atoms with Gasteiger partial charge in [0.05, 0.1) is 16.6 Å². The summed E-state index contributed by atoms with van der Waals surface area (Å²) in [5, 5.41) is 11.0. The fourth-order valence-corrected chi connectivity index (χ4v) is 1.63. The van der Waals surface area contributed by atoms with E-state index in [1.807, 2.05) is 0 Å². The third-order valence-electron chi connectivity index (χ3n) is 2.38. The van der Waals surface area contributed by atoms with Gasteiger partial charge in [0.15, 0.2) is 0 Å². The van der Waals surface area contributed by atoms with Gasteiger partial charge in [0.2, 0.25) is 5.75 Å². The smallest absolute Gasteiger partial charge is 0.312 e. The van der Waals surface area contributed by atoms with Crippen molar-refractivity contribution in [2.45, 2.75) is 26.2 Å². The largest absolute Gasteiger partial charge is 0.486 e. The van der Waals surface area contributed by atoms with Crippen molar-refractivity contribution >= 4 is 23.1 Å². The maximum absolute atomic E-state index is 11.1. The summed E-state index contributed by atoms with van der Waals surface area (Å²) < 4.78 is 5.30. The van der Waals surface area contributed by atoms with Gasteiger partial charge in [0.25, 0.3) is 0 Å². The molecule has 5 nitrogen and oxygen atoms in total. The monoisotopic (exact) mass is 271 g/mol. The summed E-state index contributed by atoms with van der Waals surface area (Å²) in [6.45, 7) is 2.03. The summed E-state index contributed by atoms with van der Waals surface area (Å²) in [6.07, 6.45) is 1.43.